The lowest BCUT2D eigenvalue weighted by molar-refractivity contribution is -0.144. The highest BCUT2D eigenvalue weighted by atomic mass is 16.5. The van der Waals surface area contributed by atoms with E-state index in [1.807, 2.05) is 6.08 Å². The van der Waals surface area contributed by atoms with Crippen LogP contribution in [0, 0.1) is 11.8 Å². The number of methoxy groups -OCH3 is 1. The van der Waals surface area contributed by atoms with Crippen LogP contribution >= 0.6 is 0 Å². The highest BCUT2D eigenvalue weighted by Gasteiger charge is 2.32. The normalized spacial score (nSPS) is 23.4. The second kappa shape index (κ2) is 14.4. The fourth-order valence-corrected chi connectivity index (χ4v) is 3.75. The Morgan fingerprint density at radius 1 is 1.18 bits per heavy atom. The first kappa shape index (κ1) is 24.4. The largest absolute Gasteiger partial charge is 0.469 e. The van der Waals surface area contributed by atoms with Gasteiger partial charge in [0, 0.05) is 13.3 Å². The van der Waals surface area contributed by atoms with E-state index in [1.165, 1.54) is 14.0 Å². The maximum absolute atomic E-state index is 11.4. The Morgan fingerprint density at radius 3 is 2.64 bits per heavy atom. The molecule has 1 rings (SSSR count). The second-order valence-electron chi connectivity index (χ2n) is 7.68. The number of carbonyl (C=O) groups is 2. The maximum atomic E-state index is 11.4. The Morgan fingerprint density at radius 2 is 1.96 bits per heavy atom. The van der Waals surface area contributed by atoms with Gasteiger partial charge in [0.2, 0.25) is 0 Å². The van der Waals surface area contributed by atoms with Gasteiger partial charge >= 0.3 is 11.9 Å². The van der Waals surface area contributed by atoms with Crippen molar-refractivity contribution in [2.75, 3.05) is 7.11 Å². The fraction of sp³-hybridized carbons (Fsp3) is 0.739. The highest BCUT2D eigenvalue weighted by molar-refractivity contribution is 5.69. The fourth-order valence-electron chi connectivity index (χ4n) is 3.75. The summed E-state index contributed by atoms with van der Waals surface area (Å²) in [5.41, 5.74) is 0. The molecule has 0 unspecified atom stereocenters. The molecule has 0 aromatic heterocycles. The summed E-state index contributed by atoms with van der Waals surface area (Å²) in [6.45, 7) is 3.61. The van der Waals surface area contributed by atoms with Gasteiger partial charge in [0.05, 0.1) is 13.2 Å². The summed E-state index contributed by atoms with van der Waals surface area (Å²) in [4.78, 5) is 22.5. The molecule has 1 saturated carbocycles. The molecule has 0 saturated heterocycles. The first-order valence-electron chi connectivity index (χ1n) is 10.7. The SMILES string of the molecule is CCCCC[C@@H](/C=C/[C@H]1CC[C@@H](O)[C@@H]1C/C=C\CCCC(=O)OC)OC(C)=O. The van der Waals surface area contributed by atoms with Crippen LogP contribution in [0.15, 0.2) is 24.3 Å². The zero-order valence-corrected chi connectivity index (χ0v) is 17.8. The second-order valence-corrected chi connectivity index (χ2v) is 7.68. The van der Waals surface area contributed by atoms with Crippen molar-refractivity contribution in [1.82, 2.24) is 0 Å². The number of esters is 2. The number of aliphatic hydroxyl groups is 1. The summed E-state index contributed by atoms with van der Waals surface area (Å²) >= 11 is 0. The van der Waals surface area contributed by atoms with Gasteiger partial charge < -0.3 is 14.6 Å². The average molecular weight is 395 g/mol. The van der Waals surface area contributed by atoms with Crippen LogP contribution in [0.2, 0.25) is 0 Å². The van der Waals surface area contributed by atoms with E-state index in [4.69, 9.17) is 4.74 Å². The molecular weight excluding hydrogens is 356 g/mol. The Bertz CT molecular complexity index is 511. The van der Waals surface area contributed by atoms with Crippen molar-refractivity contribution in [3.8, 4) is 0 Å². The van der Waals surface area contributed by atoms with E-state index >= 15 is 0 Å². The summed E-state index contributed by atoms with van der Waals surface area (Å²) < 4.78 is 10.1. The van der Waals surface area contributed by atoms with Crippen LogP contribution in [0.1, 0.15) is 78.1 Å². The molecule has 0 bridgehead atoms. The number of rotatable bonds is 13. The van der Waals surface area contributed by atoms with Gasteiger partial charge in [-0.15, -0.1) is 0 Å². The maximum Gasteiger partial charge on any atom is 0.305 e. The number of ether oxygens (including phenoxy) is 2. The summed E-state index contributed by atoms with van der Waals surface area (Å²) in [6, 6.07) is 0. The van der Waals surface area contributed by atoms with E-state index in [1.54, 1.807) is 0 Å². The van der Waals surface area contributed by atoms with Gasteiger partial charge in [-0.05, 0) is 62.9 Å². The molecule has 5 heteroatoms. The molecule has 28 heavy (non-hydrogen) atoms. The van der Waals surface area contributed by atoms with E-state index in [9.17, 15) is 14.7 Å². The lowest BCUT2D eigenvalue weighted by atomic mass is 9.90. The number of aliphatic hydroxyl groups excluding tert-OH is 1. The Hall–Kier alpha value is -1.62. The topological polar surface area (TPSA) is 72.8 Å². The molecule has 1 aliphatic carbocycles. The van der Waals surface area contributed by atoms with Gasteiger partial charge in [-0.3, -0.25) is 9.59 Å². The molecule has 0 aromatic rings. The molecule has 4 atom stereocenters. The van der Waals surface area contributed by atoms with Crippen molar-refractivity contribution < 1.29 is 24.2 Å². The Balaban J connectivity index is 2.51. The van der Waals surface area contributed by atoms with Gasteiger partial charge in [0.25, 0.3) is 0 Å². The molecule has 1 aliphatic rings. The Labute approximate surface area is 170 Å². The molecule has 0 aliphatic heterocycles. The molecule has 0 heterocycles. The highest BCUT2D eigenvalue weighted by Crippen LogP contribution is 2.36. The quantitative estimate of drug-likeness (QED) is 0.278. The number of carbonyl (C=O) groups excluding carboxylic acids is 2. The molecule has 0 aromatic carbocycles. The molecule has 1 N–H and O–H groups in total. The molecular formula is C23H38O5. The predicted molar refractivity (Wildman–Crippen MR) is 111 cm³/mol. The first-order valence-corrected chi connectivity index (χ1v) is 10.7. The van der Waals surface area contributed by atoms with Gasteiger partial charge in [-0.2, -0.15) is 0 Å². The number of allylic oxidation sites excluding steroid dienone is 3. The standard InChI is InChI=1S/C23H38O5/c1-4-5-8-11-20(28-18(2)24)16-14-19-15-17-22(25)21(19)12-9-6-7-10-13-23(26)27-3/h6,9,14,16,19-22,25H,4-5,7-8,10-13,15,17H2,1-3H3/b9-6-,16-14+/t19-,20-,21+,22+/m0/s1. The van der Waals surface area contributed by atoms with Crippen LogP contribution in [0.3, 0.4) is 0 Å². The third-order valence-corrected chi connectivity index (χ3v) is 5.38. The van der Waals surface area contributed by atoms with Crippen molar-refractivity contribution >= 4 is 11.9 Å². The van der Waals surface area contributed by atoms with Gasteiger partial charge in [-0.25, -0.2) is 0 Å². The van der Waals surface area contributed by atoms with Gasteiger partial charge in [0.15, 0.2) is 0 Å². The first-order chi connectivity index (χ1) is 13.5. The van der Waals surface area contributed by atoms with Crippen LogP contribution in [0.5, 0.6) is 0 Å². The lowest BCUT2D eigenvalue weighted by Gasteiger charge is -2.19. The monoisotopic (exact) mass is 394 g/mol. The van der Waals surface area contributed by atoms with E-state index in [0.717, 1.165) is 57.8 Å². The molecule has 0 amide bonds. The zero-order valence-electron chi connectivity index (χ0n) is 17.8. The average Bonchev–Trinajstić information content (AvgIpc) is 3.01. The van der Waals surface area contributed by atoms with Gasteiger partial charge in [0.1, 0.15) is 6.10 Å². The minimum atomic E-state index is -0.290. The summed E-state index contributed by atoms with van der Waals surface area (Å²) in [5.74, 6) is 0.0795. The van der Waals surface area contributed by atoms with Crippen LogP contribution in [-0.4, -0.2) is 36.4 Å². The predicted octanol–water partition coefficient (Wildman–Crippen LogP) is 4.73. The number of hydrogen-bond acceptors (Lipinski definition) is 5. The van der Waals surface area contributed by atoms with Crippen molar-refractivity contribution in [1.29, 1.82) is 0 Å². The third-order valence-electron chi connectivity index (χ3n) is 5.38. The van der Waals surface area contributed by atoms with Crippen molar-refractivity contribution in [2.45, 2.75) is 90.3 Å². The van der Waals surface area contributed by atoms with Gasteiger partial charge in [-0.1, -0.05) is 38.0 Å². The van der Waals surface area contributed by atoms with Crippen LogP contribution < -0.4 is 0 Å². The van der Waals surface area contributed by atoms with Crippen molar-refractivity contribution in [2.24, 2.45) is 11.8 Å². The zero-order chi connectivity index (χ0) is 20.8. The van der Waals surface area contributed by atoms with Crippen LogP contribution in [0.4, 0.5) is 0 Å². The third kappa shape index (κ3) is 10.1. The lowest BCUT2D eigenvalue weighted by Crippen LogP contribution is -2.18. The molecule has 0 spiro atoms. The summed E-state index contributed by atoms with van der Waals surface area (Å²) in [6.07, 6.45) is 16.7. The minimum absolute atomic E-state index is 0.170. The van der Waals surface area contributed by atoms with E-state index in [-0.39, 0.29) is 30.1 Å². The Kier molecular flexibility index (Phi) is 12.5. The minimum Gasteiger partial charge on any atom is -0.469 e. The van der Waals surface area contributed by atoms with Crippen molar-refractivity contribution in [3.05, 3.63) is 24.3 Å². The van der Waals surface area contributed by atoms with Crippen molar-refractivity contribution in [3.63, 3.8) is 0 Å². The molecule has 160 valence electrons. The molecule has 1 fully saturated rings. The van der Waals surface area contributed by atoms with Crippen LogP contribution in [-0.2, 0) is 19.1 Å². The number of unbranched alkanes of at least 4 members (excludes halogenated alkanes) is 3. The summed E-state index contributed by atoms with van der Waals surface area (Å²) in [5, 5.41) is 10.3. The smallest absolute Gasteiger partial charge is 0.305 e. The molecule has 0 radical (unpaired) electrons. The van der Waals surface area contributed by atoms with E-state index in [0.29, 0.717) is 12.3 Å². The molecule has 5 nitrogen and oxygen atoms in total. The van der Waals surface area contributed by atoms with E-state index in [2.05, 4.69) is 29.9 Å². The number of hydrogen-bond donors (Lipinski definition) is 1. The van der Waals surface area contributed by atoms with Crippen LogP contribution in [0.25, 0.3) is 0 Å². The summed E-state index contributed by atoms with van der Waals surface area (Å²) in [7, 11) is 1.41. The van der Waals surface area contributed by atoms with E-state index < -0.39 is 0 Å².